The van der Waals surface area contributed by atoms with Crippen molar-refractivity contribution in [3.63, 3.8) is 0 Å². The Morgan fingerprint density at radius 1 is 1.00 bits per heavy atom. The normalized spacial score (nSPS) is 10.5. The van der Waals surface area contributed by atoms with E-state index in [2.05, 4.69) is 4.90 Å². The number of hydrogen-bond donors (Lipinski definition) is 1. The number of halogens is 1. The van der Waals surface area contributed by atoms with Crippen molar-refractivity contribution in [1.29, 1.82) is 0 Å². The van der Waals surface area contributed by atoms with Crippen LogP contribution in [0.2, 0.25) is 0 Å². The fourth-order valence-electron chi connectivity index (χ4n) is 3.02. The lowest BCUT2D eigenvalue weighted by atomic mass is 9.96. The predicted molar refractivity (Wildman–Crippen MR) is 102 cm³/mol. The summed E-state index contributed by atoms with van der Waals surface area (Å²) in [5, 5.41) is 9.11. The van der Waals surface area contributed by atoms with E-state index in [0.29, 0.717) is 17.7 Å². The topological polar surface area (TPSA) is 40.5 Å². The molecule has 0 heterocycles. The lowest BCUT2D eigenvalue weighted by Gasteiger charge is -2.20. The molecule has 0 unspecified atom stereocenters. The van der Waals surface area contributed by atoms with Gasteiger partial charge < -0.3 is 10.0 Å². The second-order valence-electron chi connectivity index (χ2n) is 6.26. The SMILES string of the molecule is CN(Cc1cccc(-c2cc(F)ccc2CC(=O)O)c1)c1ccccc1. The molecular formula is C22H20FNO2. The fraction of sp³-hybridized carbons (Fsp3) is 0.136. The molecule has 0 amide bonds. The van der Waals surface area contributed by atoms with Gasteiger partial charge >= 0.3 is 5.97 Å². The summed E-state index contributed by atoms with van der Waals surface area (Å²) in [4.78, 5) is 13.2. The van der Waals surface area contributed by atoms with Gasteiger partial charge in [-0.15, -0.1) is 0 Å². The molecule has 0 aliphatic carbocycles. The van der Waals surface area contributed by atoms with Crippen LogP contribution in [0.5, 0.6) is 0 Å². The molecule has 0 aromatic heterocycles. The molecule has 4 heteroatoms. The summed E-state index contributed by atoms with van der Waals surface area (Å²) in [6.07, 6.45) is -0.135. The van der Waals surface area contributed by atoms with Crippen LogP contribution in [-0.2, 0) is 17.8 Å². The minimum Gasteiger partial charge on any atom is -0.481 e. The minimum absolute atomic E-state index is 0.135. The van der Waals surface area contributed by atoms with Crippen LogP contribution in [0.4, 0.5) is 10.1 Å². The number of carboxylic acids is 1. The summed E-state index contributed by atoms with van der Waals surface area (Å²) in [6, 6.07) is 22.1. The Bertz CT molecular complexity index is 909. The molecule has 26 heavy (non-hydrogen) atoms. The molecule has 0 bridgehead atoms. The lowest BCUT2D eigenvalue weighted by molar-refractivity contribution is -0.136. The van der Waals surface area contributed by atoms with Crippen LogP contribution in [0.3, 0.4) is 0 Å². The molecule has 0 aliphatic heterocycles. The molecule has 132 valence electrons. The van der Waals surface area contributed by atoms with Crippen LogP contribution in [0, 0.1) is 5.82 Å². The predicted octanol–water partition coefficient (Wildman–Crippen LogP) is 4.76. The number of nitrogens with zero attached hydrogens (tertiary/aromatic N) is 1. The third-order valence-corrected chi connectivity index (χ3v) is 4.27. The average molecular weight is 349 g/mol. The Kier molecular flexibility index (Phi) is 5.32. The van der Waals surface area contributed by atoms with Crippen molar-refractivity contribution in [2.45, 2.75) is 13.0 Å². The number of benzene rings is 3. The molecule has 3 rings (SSSR count). The van der Waals surface area contributed by atoms with Gasteiger partial charge in [-0.1, -0.05) is 42.5 Å². The van der Waals surface area contributed by atoms with Crippen LogP contribution in [0.1, 0.15) is 11.1 Å². The molecule has 0 radical (unpaired) electrons. The highest BCUT2D eigenvalue weighted by molar-refractivity contribution is 5.77. The molecule has 0 saturated carbocycles. The van der Waals surface area contributed by atoms with E-state index in [1.165, 1.54) is 12.1 Å². The number of rotatable bonds is 6. The molecule has 1 N–H and O–H groups in total. The van der Waals surface area contributed by atoms with Crippen molar-refractivity contribution in [1.82, 2.24) is 0 Å². The molecular weight excluding hydrogens is 329 g/mol. The zero-order valence-corrected chi connectivity index (χ0v) is 14.5. The van der Waals surface area contributed by atoms with Crippen molar-refractivity contribution in [3.8, 4) is 11.1 Å². The molecule has 0 atom stereocenters. The number of carboxylic acid groups (broad SMARTS) is 1. The third kappa shape index (κ3) is 4.28. The van der Waals surface area contributed by atoms with Gasteiger partial charge in [0.15, 0.2) is 0 Å². The van der Waals surface area contributed by atoms with Gasteiger partial charge in [-0.2, -0.15) is 0 Å². The first-order valence-corrected chi connectivity index (χ1v) is 8.38. The summed E-state index contributed by atoms with van der Waals surface area (Å²) in [5.41, 5.74) is 4.22. The minimum atomic E-state index is -0.933. The van der Waals surface area contributed by atoms with Gasteiger partial charge in [-0.25, -0.2) is 4.39 Å². The highest BCUT2D eigenvalue weighted by atomic mass is 19.1. The number of anilines is 1. The Morgan fingerprint density at radius 3 is 2.50 bits per heavy atom. The van der Waals surface area contributed by atoms with Gasteiger partial charge in [0.25, 0.3) is 0 Å². The first-order valence-electron chi connectivity index (χ1n) is 8.38. The second-order valence-corrected chi connectivity index (χ2v) is 6.26. The quantitative estimate of drug-likeness (QED) is 0.698. The maximum Gasteiger partial charge on any atom is 0.307 e. The summed E-state index contributed by atoms with van der Waals surface area (Å²) >= 11 is 0. The second kappa shape index (κ2) is 7.83. The van der Waals surface area contributed by atoms with E-state index in [-0.39, 0.29) is 12.2 Å². The third-order valence-electron chi connectivity index (χ3n) is 4.27. The van der Waals surface area contributed by atoms with Gasteiger partial charge in [0, 0.05) is 19.3 Å². The summed E-state index contributed by atoms with van der Waals surface area (Å²) in [6.45, 7) is 0.696. The van der Waals surface area contributed by atoms with E-state index >= 15 is 0 Å². The smallest absolute Gasteiger partial charge is 0.307 e. The van der Waals surface area contributed by atoms with Crippen molar-refractivity contribution in [3.05, 3.63) is 89.7 Å². The molecule has 0 aliphatic rings. The maximum atomic E-state index is 13.7. The molecule has 0 fully saturated rings. The summed E-state index contributed by atoms with van der Waals surface area (Å²) < 4.78 is 13.7. The van der Waals surface area contributed by atoms with E-state index in [4.69, 9.17) is 5.11 Å². The van der Waals surface area contributed by atoms with E-state index in [1.54, 1.807) is 6.07 Å². The molecule has 0 spiro atoms. The highest BCUT2D eigenvalue weighted by Gasteiger charge is 2.11. The number of carbonyl (C=O) groups is 1. The van der Waals surface area contributed by atoms with E-state index in [9.17, 15) is 9.18 Å². The van der Waals surface area contributed by atoms with Crippen molar-refractivity contribution >= 4 is 11.7 Å². The fourth-order valence-corrected chi connectivity index (χ4v) is 3.02. The van der Waals surface area contributed by atoms with Crippen molar-refractivity contribution in [2.24, 2.45) is 0 Å². The largest absolute Gasteiger partial charge is 0.481 e. The molecule has 3 nitrogen and oxygen atoms in total. The zero-order chi connectivity index (χ0) is 18.5. The van der Waals surface area contributed by atoms with Crippen molar-refractivity contribution < 1.29 is 14.3 Å². The summed E-state index contributed by atoms with van der Waals surface area (Å²) in [5.74, 6) is -1.31. The Hall–Kier alpha value is -3.14. The summed E-state index contributed by atoms with van der Waals surface area (Å²) in [7, 11) is 2.01. The van der Waals surface area contributed by atoms with Gasteiger partial charge in [0.1, 0.15) is 5.82 Å². The Labute approximate surface area is 152 Å². The maximum absolute atomic E-state index is 13.7. The first kappa shape index (κ1) is 17.7. The number of para-hydroxylation sites is 1. The van der Waals surface area contributed by atoms with Crippen LogP contribution in [0.25, 0.3) is 11.1 Å². The van der Waals surface area contributed by atoms with Crippen LogP contribution in [0.15, 0.2) is 72.8 Å². The lowest BCUT2D eigenvalue weighted by Crippen LogP contribution is -2.16. The standard InChI is InChI=1S/C22H20FNO2/c1-24(20-8-3-2-4-9-20)15-16-6-5-7-17(12-16)21-14-19(23)11-10-18(21)13-22(25)26/h2-12,14H,13,15H2,1H3,(H,25,26). The monoisotopic (exact) mass is 349 g/mol. The number of aliphatic carboxylic acids is 1. The van der Waals surface area contributed by atoms with Crippen LogP contribution in [-0.4, -0.2) is 18.1 Å². The van der Waals surface area contributed by atoms with Crippen LogP contribution < -0.4 is 4.90 Å². The van der Waals surface area contributed by atoms with E-state index < -0.39 is 5.97 Å². The van der Waals surface area contributed by atoms with Crippen molar-refractivity contribution in [2.75, 3.05) is 11.9 Å². The molecule has 3 aromatic rings. The first-order chi connectivity index (χ1) is 12.5. The Balaban J connectivity index is 1.90. The molecule has 0 saturated heterocycles. The van der Waals surface area contributed by atoms with E-state index in [0.717, 1.165) is 16.8 Å². The highest BCUT2D eigenvalue weighted by Crippen LogP contribution is 2.27. The van der Waals surface area contributed by atoms with Crippen LogP contribution >= 0.6 is 0 Å². The Morgan fingerprint density at radius 2 is 1.77 bits per heavy atom. The van der Waals surface area contributed by atoms with E-state index in [1.807, 2.05) is 61.6 Å². The molecule has 3 aromatic carbocycles. The average Bonchev–Trinajstić information content (AvgIpc) is 2.64. The van der Waals surface area contributed by atoms with Gasteiger partial charge in [0.2, 0.25) is 0 Å². The number of hydrogen-bond acceptors (Lipinski definition) is 2. The zero-order valence-electron chi connectivity index (χ0n) is 14.5. The van der Waals surface area contributed by atoms with Gasteiger partial charge in [-0.05, 0) is 52.6 Å². The van der Waals surface area contributed by atoms with Gasteiger partial charge in [0.05, 0.1) is 6.42 Å². The van der Waals surface area contributed by atoms with Gasteiger partial charge in [-0.3, -0.25) is 4.79 Å².